The van der Waals surface area contributed by atoms with Gasteiger partial charge in [0.2, 0.25) is 5.91 Å². The van der Waals surface area contributed by atoms with Gasteiger partial charge in [-0.1, -0.05) is 12.1 Å². The maximum Gasteiger partial charge on any atom is 0.271 e. The van der Waals surface area contributed by atoms with Crippen LogP contribution in [0.25, 0.3) is 6.08 Å². The Kier molecular flexibility index (Phi) is 6.54. The molecule has 0 bridgehead atoms. The summed E-state index contributed by atoms with van der Waals surface area (Å²) < 4.78 is 11.0. The molecule has 7 heteroatoms. The summed E-state index contributed by atoms with van der Waals surface area (Å²) in [5, 5.41) is 13.5. The Labute approximate surface area is 157 Å². The van der Waals surface area contributed by atoms with E-state index in [0.717, 1.165) is 11.1 Å². The SMILES string of the molecule is COc1cc(/C=C/C(=O)Nc2cc([N+](=O)[O-])ccc2C)ccc1OC(C)C. The van der Waals surface area contributed by atoms with Crippen LogP contribution in [0.2, 0.25) is 0 Å². The summed E-state index contributed by atoms with van der Waals surface area (Å²) >= 11 is 0. The average Bonchev–Trinajstić information content (AvgIpc) is 2.62. The van der Waals surface area contributed by atoms with Crippen LogP contribution in [-0.2, 0) is 4.79 Å². The number of benzene rings is 2. The number of anilines is 1. The molecule has 142 valence electrons. The second kappa shape index (κ2) is 8.84. The zero-order chi connectivity index (χ0) is 20.0. The maximum absolute atomic E-state index is 12.2. The molecule has 0 unspecified atom stereocenters. The van der Waals surface area contributed by atoms with Crippen molar-refractivity contribution in [2.75, 3.05) is 12.4 Å². The van der Waals surface area contributed by atoms with E-state index >= 15 is 0 Å². The number of nitrogens with one attached hydrogen (secondary N) is 1. The maximum atomic E-state index is 12.2. The summed E-state index contributed by atoms with van der Waals surface area (Å²) in [6.45, 7) is 5.61. The lowest BCUT2D eigenvalue weighted by Gasteiger charge is -2.13. The van der Waals surface area contributed by atoms with Gasteiger partial charge in [0, 0.05) is 18.2 Å². The number of aryl methyl sites for hydroxylation is 1. The second-order valence-electron chi connectivity index (χ2n) is 6.16. The topological polar surface area (TPSA) is 90.7 Å². The molecular formula is C20H22N2O5. The third kappa shape index (κ3) is 5.57. The van der Waals surface area contributed by atoms with Gasteiger partial charge in [-0.25, -0.2) is 0 Å². The number of carbonyl (C=O) groups is 1. The van der Waals surface area contributed by atoms with Gasteiger partial charge in [0.15, 0.2) is 11.5 Å². The number of nitrogens with zero attached hydrogens (tertiary/aromatic N) is 1. The number of non-ortho nitro benzene ring substituents is 1. The van der Waals surface area contributed by atoms with Crippen molar-refractivity contribution in [3.63, 3.8) is 0 Å². The van der Waals surface area contributed by atoms with Gasteiger partial charge in [0.1, 0.15) is 0 Å². The lowest BCUT2D eigenvalue weighted by atomic mass is 10.1. The standard InChI is InChI=1S/C20H22N2O5/c1-13(2)27-18-9-6-15(11-19(18)26-4)7-10-20(23)21-17-12-16(22(24)25)8-5-14(17)3/h5-13H,1-4H3,(H,21,23)/b10-7+. The van der Waals surface area contributed by atoms with Crippen LogP contribution in [0.3, 0.4) is 0 Å². The molecule has 0 aliphatic rings. The van der Waals surface area contributed by atoms with Crippen molar-refractivity contribution in [3.05, 3.63) is 63.7 Å². The average molecular weight is 370 g/mol. The Bertz CT molecular complexity index is 875. The van der Waals surface area contributed by atoms with Gasteiger partial charge in [0.25, 0.3) is 5.69 Å². The first-order valence-corrected chi connectivity index (χ1v) is 8.39. The van der Waals surface area contributed by atoms with Crippen LogP contribution in [0.15, 0.2) is 42.5 Å². The zero-order valence-electron chi connectivity index (χ0n) is 15.7. The lowest BCUT2D eigenvalue weighted by molar-refractivity contribution is -0.384. The fourth-order valence-corrected chi connectivity index (χ4v) is 2.34. The van der Waals surface area contributed by atoms with Crippen LogP contribution >= 0.6 is 0 Å². The molecule has 0 spiro atoms. The molecule has 0 heterocycles. The summed E-state index contributed by atoms with van der Waals surface area (Å²) in [6, 6.07) is 9.68. The molecule has 0 aliphatic carbocycles. The van der Waals surface area contributed by atoms with Gasteiger partial charge in [0.05, 0.1) is 23.8 Å². The minimum absolute atomic E-state index is 0.0178. The van der Waals surface area contributed by atoms with E-state index in [0.29, 0.717) is 17.2 Å². The molecule has 1 N–H and O–H groups in total. The Morgan fingerprint density at radius 2 is 1.93 bits per heavy atom. The Balaban J connectivity index is 2.13. The fourth-order valence-electron chi connectivity index (χ4n) is 2.34. The van der Waals surface area contributed by atoms with E-state index in [4.69, 9.17) is 9.47 Å². The molecule has 2 aromatic rings. The van der Waals surface area contributed by atoms with Crippen molar-refractivity contribution in [1.29, 1.82) is 0 Å². The number of hydrogen-bond donors (Lipinski definition) is 1. The van der Waals surface area contributed by atoms with Crippen molar-refractivity contribution in [3.8, 4) is 11.5 Å². The molecule has 0 saturated heterocycles. The molecule has 0 aliphatic heterocycles. The van der Waals surface area contributed by atoms with E-state index in [2.05, 4.69) is 5.32 Å². The van der Waals surface area contributed by atoms with Crippen molar-refractivity contribution < 1.29 is 19.2 Å². The molecule has 2 aromatic carbocycles. The number of carbonyl (C=O) groups excluding carboxylic acids is 1. The summed E-state index contributed by atoms with van der Waals surface area (Å²) in [5.41, 5.74) is 1.82. The molecule has 2 rings (SSSR count). The molecule has 0 atom stereocenters. The molecule has 7 nitrogen and oxygen atoms in total. The van der Waals surface area contributed by atoms with Gasteiger partial charge in [-0.2, -0.15) is 0 Å². The van der Waals surface area contributed by atoms with Crippen molar-refractivity contribution >= 4 is 23.4 Å². The Morgan fingerprint density at radius 3 is 2.56 bits per heavy atom. The molecule has 27 heavy (non-hydrogen) atoms. The number of ether oxygens (including phenoxy) is 2. The Hall–Kier alpha value is -3.35. The monoisotopic (exact) mass is 370 g/mol. The highest BCUT2D eigenvalue weighted by molar-refractivity contribution is 6.02. The van der Waals surface area contributed by atoms with Crippen LogP contribution in [-0.4, -0.2) is 24.0 Å². The summed E-state index contributed by atoms with van der Waals surface area (Å²) in [4.78, 5) is 22.5. The van der Waals surface area contributed by atoms with Gasteiger partial charge < -0.3 is 14.8 Å². The molecule has 0 radical (unpaired) electrons. The highest BCUT2D eigenvalue weighted by atomic mass is 16.6. The van der Waals surface area contributed by atoms with Gasteiger partial charge in [-0.3, -0.25) is 14.9 Å². The first kappa shape index (κ1) is 20.0. The highest BCUT2D eigenvalue weighted by Crippen LogP contribution is 2.29. The zero-order valence-corrected chi connectivity index (χ0v) is 15.7. The van der Waals surface area contributed by atoms with Gasteiger partial charge in [-0.15, -0.1) is 0 Å². The van der Waals surface area contributed by atoms with E-state index < -0.39 is 4.92 Å². The van der Waals surface area contributed by atoms with E-state index in [-0.39, 0.29) is 17.7 Å². The van der Waals surface area contributed by atoms with Crippen molar-refractivity contribution in [2.45, 2.75) is 26.9 Å². The second-order valence-corrected chi connectivity index (χ2v) is 6.16. The quantitative estimate of drug-likeness (QED) is 0.444. The molecule has 1 amide bonds. The predicted octanol–water partition coefficient (Wildman–Crippen LogP) is 4.35. The number of rotatable bonds is 7. The van der Waals surface area contributed by atoms with Crippen LogP contribution in [0, 0.1) is 17.0 Å². The van der Waals surface area contributed by atoms with Gasteiger partial charge >= 0.3 is 0 Å². The molecule has 0 saturated carbocycles. The van der Waals surface area contributed by atoms with Gasteiger partial charge in [-0.05, 0) is 50.1 Å². The predicted molar refractivity (Wildman–Crippen MR) is 104 cm³/mol. The largest absolute Gasteiger partial charge is 0.493 e. The number of nitro benzene ring substituents is 1. The molecule has 0 aromatic heterocycles. The van der Waals surface area contributed by atoms with Crippen molar-refractivity contribution in [2.24, 2.45) is 0 Å². The minimum atomic E-state index is -0.502. The third-order valence-electron chi connectivity index (χ3n) is 3.67. The fraction of sp³-hybridized carbons (Fsp3) is 0.250. The normalized spacial score (nSPS) is 10.9. The van der Waals surface area contributed by atoms with Crippen LogP contribution in [0.5, 0.6) is 11.5 Å². The summed E-state index contributed by atoms with van der Waals surface area (Å²) in [7, 11) is 1.55. The first-order valence-electron chi connectivity index (χ1n) is 8.39. The Morgan fingerprint density at radius 1 is 1.19 bits per heavy atom. The number of amides is 1. The summed E-state index contributed by atoms with van der Waals surface area (Å²) in [5.74, 6) is 0.808. The van der Waals surface area contributed by atoms with Crippen LogP contribution < -0.4 is 14.8 Å². The number of hydrogen-bond acceptors (Lipinski definition) is 5. The van der Waals surface area contributed by atoms with Crippen molar-refractivity contribution in [1.82, 2.24) is 0 Å². The number of nitro groups is 1. The third-order valence-corrected chi connectivity index (χ3v) is 3.67. The first-order chi connectivity index (χ1) is 12.8. The van der Waals surface area contributed by atoms with E-state index in [1.54, 1.807) is 38.3 Å². The van der Waals surface area contributed by atoms with E-state index in [9.17, 15) is 14.9 Å². The van der Waals surface area contributed by atoms with Crippen LogP contribution in [0.4, 0.5) is 11.4 Å². The lowest BCUT2D eigenvalue weighted by Crippen LogP contribution is -2.09. The molecular weight excluding hydrogens is 348 g/mol. The van der Waals surface area contributed by atoms with E-state index in [1.165, 1.54) is 18.2 Å². The van der Waals surface area contributed by atoms with Crippen LogP contribution in [0.1, 0.15) is 25.0 Å². The molecule has 0 fully saturated rings. The smallest absolute Gasteiger partial charge is 0.271 e. The highest BCUT2D eigenvalue weighted by Gasteiger charge is 2.10. The number of methoxy groups -OCH3 is 1. The van der Waals surface area contributed by atoms with E-state index in [1.807, 2.05) is 19.9 Å². The summed E-state index contributed by atoms with van der Waals surface area (Å²) in [6.07, 6.45) is 3.00. The minimum Gasteiger partial charge on any atom is -0.493 e.